The molecule has 1 N–H and O–H groups in total. The monoisotopic (exact) mass is 280 g/mol. The standard InChI is InChI=1S/C18H36N2/c1-5-10-16-13-19-17(18(2,3)4)14-20(16)15-11-8-6-7-9-12-15/h15-17,19H,5-14H2,1-4H3. The number of nitrogens with zero attached hydrogens (tertiary/aromatic N) is 1. The molecule has 118 valence electrons. The fourth-order valence-corrected chi connectivity index (χ4v) is 4.04. The minimum absolute atomic E-state index is 0.375. The van der Waals surface area contributed by atoms with Gasteiger partial charge in [-0.25, -0.2) is 0 Å². The largest absolute Gasteiger partial charge is 0.311 e. The third-order valence-corrected chi connectivity index (χ3v) is 5.42. The SMILES string of the molecule is CCCC1CNC(C(C)(C)C)CN1C1CCCCCC1. The van der Waals surface area contributed by atoms with Gasteiger partial charge in [0.2, 0.25) is 0 Å². The highest BCUT2D eigenvalue weighted by Crippen LogP contribution is 2.30. The van der Waals surface area contributed by atoms with Crippen molar-refractivity contribution >= 4 is 0 Å². The molecule has 2 nitrogen and oxygen atoms in total. The molecule has 2 heteroatoms. The van der Waals surface area contributed by atoms with E-state index in [-0.39, 0.29) is 0 Å². The van der Waals surface area contributed by atoms with E-state index in [1.807, 2.05) is 0 Å². The van der Waals surface area contributed by atoms with Crippen LogP contribution in [0.5, 0.6) is 0 Å². The highest BCUT2D eigenvalue weighted by molar-refractivity contribution is 4.94. The Kier molecular flexibility index (Phi) is 5.92. The smallest absolute Gasteiger partial charge is 0.0244 e. The molecule has 0 aromatic rings. The topological polar surface area (TPSA) is 15.3 Å². The highest BCUT2D eigenvalue weighted by Gasteiger charge is 2.36. The van der Waals surface area contributed by atoms with E-state index in [4.69, 9.17) is 0 Å². The first-order chi connectivity index (χ1) is 9.52. The summed E-state index contributed by atoms with van der Waals surface area (Å²) in [6.07, 6.45) is 11.4. The lowest BCUT2D eigenvalue weighted by molar-refractivity contribution is 0.0394. The molecule has 2 atom stereocenters. The van der Waals surface area contributed by atoms with E-state index in [2.05, 4.69) is 37.9 Å². The van der Waals surface area contributed by atoms with E-state index in [9.17, 15) is 0 Å². The van der Waals surface area contributed by atoms with Crippen LogP contribution < -0.4 is 5.32 Å². The van der Waals surface area contributed by atoms with Gasteiger partial charge in [-0.15, -0.1) is 0 Å². The Bertz CT molecular complexity index is 274. The second-order valence-corrected chi connectivity index (χ2v) is 8.11. The van der Waals surface area contributed by atoms with Crippen LogP contribution in [0.25, 0.3) is 0 Å². The molecule has 0 amide bonds. The summed E-state index contributed by atoms with van der Waals surface area (Å²) in [6, 6.07) is 2.29. The van der Waals surface area contributed by atoms with Crippen LogP contribution in [0.2, 0.25) is 0 Å². The summed E-state index contributed by atoms with van der Waals surface area (Å²) in [4.78, 5) is 2.90. The van der Waals surface area contributed by atoms with Crippen molar-refractivity contribution in [1.82, 2.24) is 10.2 Å². The van der Waals surface area contributed by atoms with Gasteiger partial charge in [-0.05, 0) is 24.7 Å². The van der Waals surface area contributed by atoms with Crippen LogP contribution >= 0.6 is 0 Å². The molecule has 0 bridgehead atoms. The number of hydrogen-bond donors (Lipinski definition) is 1. The van der Waals surface area contributed by atoms with Crippen molar-refractivity contribution in [3.63, 3.8) is 0 Å². The number of hydrogen-bond acceptors (Lipinski definition) is 2. The van der Waals surface area contributed by atoms with E-state index < -0.39 is 0 Å². The molecule has 1 aliphatic heterocycles. The molecule has 0 radical (unpaired) electrons. The van der Waals surface area contributed by atoms with Crippen LogP contribution in [-0.2, 0) is 0 Å². The molecule has 20 heavy (non-hydrogen) atoms. The summed E-state index contributed by atoms with van der Waals surface area (Å²) >= 11 is 0. The van der Waals surface area contributed by atoms with Crippen molar-refractivity contribution in [1.29, 1.82) is 0 Å². The van der Waals surface area contributed by atoms with Crippen molar-refractivity contribution in [2.24, 2.45) is 5.41 Å². The van der Waals surface area contributed by atoms with Gasteiger partial charge in [0.05, 0.1) is 0 Å². The average molecular weight is 280 g/mol. The summed E-state index contributed by atoms with van der Waals surface area (Å²) in [6.45, 7) is 12.0. The Morgan fingerprint density at radius 3 is 2.25 bits per heavy atom. The molecule has 1 saturated carbocycles. The number of nitrogens with one attached hydrogen (secondary N) is 1. The molecular formula is C18H36N2. The fraction of sp³-hybridized carbons (Fsp3) is 1.00. The lowest BCUT2D eigenvalue weighted by Crippen LogP contribution is -2.62. The first kappa shape index (κ1) is 16.3. The van der Waals surface area contributed by atoms with Crippen molar-refractivity contribution in [3.8, 4) is 0 Å². The third kappa shape index (κ3) is 4.21. The third-order valence-electron chi connectivity index (χ3n) is 5.42. The molecule has 0 aromatic carbocycles. The van der Waals surface area contributed by atoms with Crippen molar-refractivity contribution in [3.05, 3.63) is 0 Å². The molecular weight excluding hydrogens is 244 g/mol. The van der Waals surface area contributed by atoms with Crippen LogP contribution in [0.3, 0.4) is 0 Å². The molecule has 2 unspecified atom stereocenters. The van der Waals surface area contributed by atoms with E-state index in [0.29, 0.717) is 11.5 Å². The van der Waals surface area contributed by atoms with Crippen LogP contribution in [-0.4, -0.2) is 36.1 Å². The van der Waals surface area contributed by atoms with Gasteiger partial charge in [0.15, 0.2) is 0 Å². The predicted molar refractivity (Wildman–Crippen MR) is 88.1 cm³/mol. The first-order valence-electron chi connectivity index (χ1n) is 9.01. The Hall–Kier alpha value is -0.0800. The van der Waals surface area contributed by atoms with Crippen LogP contribution in [0.1, 0.15) is 79.1 Å². The lowest BCUT2D eigenvalue weighted by Gasteiger charge is -2.48. The quantitative estimate of drug-likeness (QED) is 0.780. The summed E-state index contributed by atoms with van der Waals surface area (Å²) in [5.41, 5.74) is 0.375. The van der Waals surface area contributed by atoms with Gasteiger partial charge in [-0.2, -0.15) is 0 Å². The van der Waals surface area contributed by atoms with Crippen molar-refractivity contribution in [2.75, 3.05) is 13.1 Å². The minimum Gasteiger partial charge on any atom is -0.311 e. The van der Waals surface area contributed by atoms with Gasteiger partial charge in [0, 0.05) is 31.2 Å². The fourth-order valence-electron chi connectivity index (χ4n) is 4.04. The number of piperazine rings is 1. The van der Waals surface area contributed by atoms with Crippen LogP contribution in [0, 0.1) is 5.41 Å². The van der Waals surface area contributed by atoms with Gasteiger partial charge >= 0.3 is 0 Å². The predicted octanol–water partition coefficient (Wildman–Crippen LogP) is 4.20. The number of rotatable bonds is 3. The molecule has 0 spiro atoms. The average Bonchev–Trinajstić information content (AvgIpc) is 2.67. The molecule has 1 saturated heterocycles. The Morgan fingerprint density at radius 2 is 1.70 bits per heavy atom. The summed E-state index contributed by atoms with van der Waals surface area (Å²) in [7, 11) is 0. The maximum atomic E-state index is 3.84. The van der Waals surface area contributed by atoms with E-state index in [1.54, 1.807) is 0 Å². The van der Waals surface area contributed by atoms with Crippen LogP contribution in [0.4, 0.5) is 0 Å². The van der Waals surface area contributed by atoms with Crippen molar-refractivity contribution in [2.45, 2.75) is 97.2 Å². The summed E-state index contributed by atoms with van der Waals surface area (Å²) in [5.74, 6) is 0. The van der Waals surface area contributed by atoms with E-state index in [0.717, 1.165) is 12.1 Å². The Morgan fingerprint density at radius 1 is 1.05 bits per heavy atom. The van der Waals surface area contributed by atoms with Crippen LogP contribution in [0.15, 0.2) is 0 Å². The normalized spacial score (nSPS) is 31.2. The van der Waals surface area contributed by atoms with Gasteiger partial charge in [-0.1, -0.05) is 59.8 Å². The zero-order valence-electron chi connectivity index (χ0n) is 14.3. The molecule has 2 rings (SSSR count). The molecule has 2 fully saturated rings. The molecule has 1 aliphatic carbocycles. The summed E-state index contributed by atoms with van der Waals surface area (Å²) < 4.78 is 0. The van der Waals surface area contributed by atoms with E-state index in [1.165, 1.54) is 64.5 Å². The second-order valence-electron chi connectivity index (χ2n) is 8.11. The molecule has 1 heterocycles. The molecule has 0 aromatic heterocycles. The zero-order chi connectivity index (χ0) is 14.6. The lowest BCUT2D eigenvalue weighted by atomic mass is 9.83. The Balaban J connectivity index is 2.05. The Labute approximate surface area is 126 Å². The summed E-state index contributed by atoms with van der Waals surface area (Å²) in [5, 5.41) is 3.84. The maximum absolute atomic E-state index is 3.84. The highest BCUT2D eigenvalue weighted by atomic mass is 15.3. The van der Waals surface area contributed by atoms with E-state index >= 15 is 0 Å². The van der Waals surface area contributed by atoms with Gasteiger partial charge in [-0.3, -0.25) is 4.90 Å². The molecule has 2 aliphatic rings. The minimum atomic E-state index is 0.375. The first-order valence-corrected chi connectivity index (χ1v) is 9.01. The van der Waals surface area contributed by atoms with Gasteiger partial charge < -0.3 is 5.32 Å². The maximum Gasteiger partial charge on any atom is 0.0244 e. The van der Waals surface area contributed by atoms with Crippen molar-refractivity contribution < 1.29 is 0 Å². The van der Waals surface area contributed by atoms with Gasteiger partial charge in [0.25, 0.3) is 0 Å². The second kappa shape index (κ2) is 7.26. The van der Waals surface area contributed by atoms with Gasteiger partial charge in [0.1, 0.15) is 0 Å². The zero-order valence-corrected chi connectivity index (χ0v) is 14.3.